The molecular weight excluding hydrogens is 383 g/mol. The van der Waals surface area contributed by atoms with Crippen LogP contribution in [0.3, 0.4) is 0 Å². The molecule has 2 aromatic carbocycles. The fourth-order valence-corrected chi connectivity index (χ4v) is 3.78. The minimum absolute atomic E-state index is 0.209. The third-order valence-electron chi connectivity index (χ3n) is 4.96. The predicted molar refractivity (Wildman–Crippen MR) is 110 cm³/mol. The van der Waals surface area contributed by atoms with Crippen molar-refractivity contribution < 1.29 is 9.53 Å². The van der Waals surface area contributed by atoms with Crippen LogP contribution in [0.25, 0.3) is 0 Å². The Kier molecular flexibility index (Phi) is 7.00. The van der Waals surface area contributed by atoms with E-state index < -0.39 is 0 Å². The van der Waals surface area contributed by atoms with Crippen LogP contribution in [0.4, 0.5) is 0 Å². The van der Waals surface area contributed by atoms with E-state index in [9.17, 15) is 4.79 Å². The highest BCUT2D eigenvalue weighted by atomic mass is 35.5. The molecule has 0 bridgehead atoms. The summed E-state index contributed by atoms with van der Waals surface area (Å²) in [5.41, 5.74) is 2.11. The molecule has 1 aliphatic rings. The number of carbonyl (C=O) groups is 1. The van der Waals surface area contributed by atoms with Crippen LogP contribution < -0.4 is 4.74 Å². The van der Waals surface area contributed by atoms with Gasteiger partial charge in [0, 0.05) is 54.8 Å². The average molecular weight is 407 g/mol. The second-order valence-corrected chi connectivity index (χ2v) is 7.52. The SMILES string of the molecule is COc1ccc(CCC(=O)N2CCN(Cc3c(Cl)cccc3Cl)CC2)cc1. The minimum Gasteiger partial charge on any atom is -0.497 e. The summed E-state index contributed by atoms with van der Waals surface area (Å²) in [5.74, 6) is 1.04. The lowest BCUT2D eigenvalue weighted by Crippen LogP contribution is -2.48. The average Bonchev–Trinajstić information content (AvgIpc) is 2.70. The van der Waals surface area contributed by atoms with E-state index in [0.717, 1.165) is 49.5 Å². The monoisotopic (exact) mass is 406 g/mol. The Bertz CT molecular complexity index is 752. The third kappa shape index (κ3) is 5.38. The van der Waals surface area contributed by atoms with Crippen LogP contribution in [-0.4, -0.2) is 49.0 Å². The molecular formula is C21H24Cl2N2O2. The number of aryl methyl sites for hydroxylation is 1. The molecule has 27 heavy (non-hydrogen) atoms. The Balaban J connectivity index is 1.46. The number of ether oxygens (including phenoxy) is 1. The second-order valence-electron chi connectivity index (χ2n) is 6.71. The molecule has 0 aliphatic carbocycles. The minimum atomic E-state index is 0.209. The van der Waals surface area contributed by atoms with Gasteiger partial charge in [0.1, 0.15) is 5.75 Å². The number of hydrogen-bond donors (Lipinski definition) is 0. The molecule has 1 fully saturated rings. The number of halogens is 2. The van der Waals surface area contributed by atoms with Crippen LogP contribution >= 0.6 is 23.2 Å². The fourth-order valence-electron chi connectivity index (χ4n) is 3.26. The Hall–Kier alpha value is -1.75. The molecule has 144 valence electrons. The van der Waals surface area contributed by atoms with E-state index in [2.05, 4.69) is 4.90 Å². The smallest absolute Gasteiger partial charge is 0.222 e. The van der Waals surface area contributed by atoms with Gasteiger partial charge in [0.05, 0.1) is 7.11 Å². The van der Waals surface area contributed by atoms with Gasteiger partial charge < -0.3 is 9.64 Å². The van der Waals surface area contributed by atoms with Crippen molar-refractivity contribution in [2.24, 2.45) is 0 Å². The maximum atomic E-state index is 12.5. The highest BCUT2D eigenvalue weighted by molar-refractivity contribution is 6.35. The van der Waals surface area contributed by atoms with Crippen LogP contribution in [0, 0.1) is 0 Å². The molecule has 0 saturated carbocycles. The molecule has 6 heteroatoms. The normalized spacial score (nSPS) is 15.0. The first-order chi connectivity index (χ1) is 13.1. The van der Waals surface area contributed by atoms with Crippen molar-refractivity contribution in [3.63, 3.8) is 0 Å². The number of rotatable bonds is 6. The van der Waals surface area contributed by atoms with Crippen LogP contribution in [0.1, 0.15) is 17.5 Å². The quantitative estimate of drug-likeness (QED) is 0.717. The van der Waals surface area contributed by atoms with E-state index in [1.165, 1.54) is 0 Å². The zero-order chi connectivity index (χ0) is 19.2. The largest absolute Gasteiger partial charge is 0.497 e. The highest BCUT2D eigenvalue weighted by Crippen LogP contribution is 2.26. The lowest BCUT2D eigenvalue weighted by molar-refractivity contribution is -0.133. The molecule has 0 atom stereocenters. The molecule has 0 aromatic heterocycles. The van der Waals surface area contributed by atoms with Crippen molar-refractivity contribution in [1.29, 1.82) is 0 Å². The summed E-state index contributed by atoms with van der Waals surface area (Å²) in [4.78, 5) is 16.8. The van der Waals surface area contributed by atoms with Crippen molar-refractivity contribution in [2.45, 2.75) is 19.4 Å². The summed E-state index contributed by atoms with van der Waals surface area (Å²) in [6, 6.07) is 13.5. The summed E-state index contributed by atoms with van der Waals surface area (Å²) < 4.78 is 5.16. The fraction of sp³-hybridized carbons (Fsp3) is 0.381. The summed E-state index contributed by atoms with van der Waals surface area (Å²) in [5, 5.41) is 1.39. The van der Waals surface area contributed by atoms with E-state index >= 15 is 0 Å². The van der Waals surface area contributed by atoms with Gasteiger partial charge in [-0.3, -0.25) is 9.69 Å². The van der Waals surface area contributed by atoms with Gasteiger partial charge in [0.15, 0.2) is 0 Å². The van der Waals surface area contributed by atoms with Crippen molar-refractivity contribution in [3.05, 3.63) is 63.6 Å². The van der Waals surface area contributed by atoms with Gasteiger partial charge in [0.2, 0.25) is 5.91 Å². The molecule has 3 rings (SSSR count). The first-order valence-corrected chi connectivity index (χ1v) is 9.88. The molecule has 0 spiro atoms. The molecule has 4 nitrogen and oxygen atoms in total. The third-order valence-corrected chi connectivity index (χ3v) is 5.66. The topological polar surface area (TPSA) is 32.8 Å². The van der Waals surface area contributed by atoms with E-state index in [4.69, 9.17) is 27.9 Å². The van der Waals surface area contributed by atoms with Crippen LogP contribution in [0.15, 0.2) is 42.5 Å². The number of benzene rings is 2. The number of hydrogen-bond acceptors (Lipinski definition) is 3. The predicted octanol–water partition coefficient (Wildman–Crippen LogP) is 4.28. The Morgan fingerprint density at radius 3 is 2.22 bits per heavy atom. The number of piperazine rings is 1. The maximum absolute atomic E-state index is 12.5. The number of nitrogens with zero attached hydrogens (tertiary/aromatic N) is 2. The molecule has 0 radical (unpaired) electrons. The van der Waals surface area contributed by atoms with Gasteiger partial charge in [0.25, 0.3) is 0 Å². The Morgan fingerprint density at radius 1 is 1.00 bits per heavy atom. The molecule has 1 aliphatic heterocycles. The lowest BCUT2D eigenvalue weighted by Gasteiger charge is -2.35. The van der Waals surface area contributed by atoms with E-state index in [1.807, 2.05) is 47.4 Å². The van der Waals surface area contributed by atoms with Gasteiger partial charge >= 0.3 is 0 Å². The Morgan fingerprint density at radius 2 is 1.63 bits per heavy atom. The van der Waals surface area contributed by atoms with Crippen LogP contribution in [-0.2, 0) is 17.8 Å². The van der Waals surface area contributed by atoms with Gasteiger partial charge in [-0.05, 0) is 36.2 Å². The number of methoxy groups -OCH3 is 1. The molecule has 1 saturated heterocycles. The standard InChI is InChI=1S/C21H24Cl2N2O2/c1-27-17-8-5-16(6-9-17)7-10-21(26)25-13-11-24(12-14-25)15-18-19(22)3-2-4-20(18)23/h2-6,8-9H,7,10-15H2,1H3. The number of amides is 1. The second kappa shape index (κ2) is 9.45. The van der Waals surface area contributed by atoms with E-state index in [-0.39, 0.29) is 5.91 Å². The summed E-state index contributed by atoms with van der Waals surface area (Å²) in [6.45, 7) is 3.85. The highest BCUT2D eigenvalue weighted by Gasteiger charge is 2.22. The van der Waals surface area contributed by atoms with Gasteiger partial charge in [-0.2, -0.15) is 0 Å². The molecule has 1 heterocycles. The van der Waals surface area contributed by atoms with Crippen LogP contribution in [0.5, 0.6) is 5.75 Å². The molecule has 1 amide bonds. The summed E-state index contributed by atoms with van der Waals surface area (Å²) in [6.07, 6.45) is 1.28. The maximum Gasteiger partial charge on any atom is 0.222 e. The van der Waals surface area contributed by atoms with Crippen LogP contribution in [0.2, 0.25) is 10.0 Å². The molecule has 2 aromatic rings. The first kappa shape index (κ1) is 20.0. The molecule has 0 N–H and O–H groups in total. The summed E-state index contributed by atoms with van der Waals surface area (Å²) >= 11 is 12.5. The van der Waals surface area contributed by atoms with Gasteiger partial charge in [-0.25, -0.2) is 0 Å². The lowest BCUT2D eigenvalue weighted by atomic mass is 10.1. The zero-order valence-electron chi connectivity index (χ0n) is 15.5. The van der Waals surface area contributed by atoms with E-state index in [1.54, 1.807) is 7.11 Å². The van der Waals surface area contributed by atoms with Gasteiger partial charge in [-0.15, -0.1) is 0 Å². The van der Waals surface area contributed by atoms with Crippen molar-refractivity contribution in [3.8, 4) is 5.75 Å². The van der Waals surface area contributed by atoms with Crippen molar-refractivity contribution in [2.75, 3.05) is 33.3 Å². The molecule has 0 unspecified atom stereocenters. The summed E-state index contributed by atoms with van der Waals surface area (Å²) in [7, 11) is 1.65. The van der Waals surface area contributed by atoms with Crippen molar-refractivity contribution >= 4 is 29.1 Å². The zero-order valence-corrected chi connectivity index (χ0v) is 17.0. The number of carbonyl (C=O) groups excluding carboxylic acids is 1. The Labute approximate surface area is 170 Å². The first-order valence-electron chi connectivity index (χ1n) is 9.13. The van der Waals surface area contributed by atoms with E-state index in [0.29, 0.717) is 23.0 Å². The van der Waals surface area contributed by atoms with Gasteiger partial charge in [-0.1, -0.05) is 41.4 Å². The van der Waals surface area contributed by atoms with Crippen molar-refractivity contribution in [1.82, 2.24) is 9.80 Å².